The van der Waals surface area contributed by atoms with Gasteiger partial charge < -0.3 is 15.6 Å². The van der Waals surface area contributed by atoms with E-state index < -0.39 is 0 Å². The fourth-order valence-corrected chi connectivity index (χ4v) is 3.65. The van der Waals surface area contributed by atoms with Crippen molar-refractivity contribution in [3.8, 4) is 6.07 Å². The van der Waals surface area contributed by atoms with Crippen molar-refractivity contribution in [1.82, 2.24) is 4.98 Å². The zero-order chi connectivity index (χ0) is 23.0. The lowest BCUT2D eigenvalue weighted by Gasteiger charge is -2.24. The minimum absolute atomic E-state index is 0.465. The molecule has 5 nitrogen and oxygen atoms in total. The second-order valence-electron chi connectivity index (χ2n) is 9.45. The van der Waals surface area contributed by atoms with Crippen LogP contribution in [0.2, 0.25) is 0 Å². The predicted octanol–water partition coefficient (Wildman–Crippen LogP) is 6.56. The Morgan fingerprint density at radius 1 is 1.22 bits per heavy atom. The molecule has 0 saturated heterocycles. The van der Waals surface area contributed by atoms with E-state index in [4.69, 9.17) is 10.7 Å². The summed E-state index contributed by atoms with van der Waals surface area (Å²) >= 11 is 0. The Hall–Kier alpha value is -3.13. The smallest absolute Gasteiger partial charge is 0.130 e. The molecule has 2 fully saturated rings. The van der Waals surface area contributed by atoms with Gasteiger partial charge in [-0.25, -0.2) is 4.98 Å². The molecule has 2 saturated carbocycles. The van der Waals surface area contributed by atoms with Gasteiger partial charge in [0.25, 0.3) is 0 Å². The van der Waals surface area contributed by atoms with E-state index in [1.807, 2.05) is 36.5 Å². The number of pyridine rings is 1. The molecule has 1 atom stereocenters. The van der Waals surface area contributed by atoms with Gasteiger partial charge in [-0.3, -0.25) is 0 Å². The van der Waals surface area contributed by atoms with Crippen molar-refractivity contribution in [2.45, 2.75) is 46.5 Å². The van der Waals surface area contributed by atoms with Gasteiger partial charge in [-0.05, 0) is 49.1 Å². The summed E-state index contributed by atoms with van der Waals surface area (Å²) in [7, 11) is 0. The summed E-state index contributed by atoms with van der Waals surface area (Å²) in [4.78, 5) is 6.71. The molecular weight excluding hydrogens is 394 g/mol. The zero-order valence-corrected chi connectivity index (χ0v) is 19.5. The van der Waals surface area contributed by atoms with Gasteiger partial charge in [-0.1, -0.05) is 51.1 Å². The van der Waals surface area contributed by atoms with E-state index in [2.05, 4.69) is 60.3 Å². The highest BCUT2D eigenvalue weighted by Gasteiger charge is 2.63. The van der Waals surface area contributed by atoms with E-state index >= 15 is 0 Å². The van der Waals surface area contributed by atoms with Gasteiger partial charge in [-0.15, -0.1) is 0 Å². The third kappa shape index (κ3) is 6.68. The largest absolute Gasteiger partial charge is 0.355 e. The van der Waals surface area contributed by atoms with Crippen LogP contribution in [0.1, 0.15) is 52.0 Å². The molecule has 2 heterocycles. The number of aromatic nitrogens is 1. The minimum atomic E-state index is 0.465. The van der Waals surface area contributed by atoms with Crippen molar-refractivity contribution in [1.29, 1.82) is 10.7 Å². The summed E-state index contributed by atoms with van der Waals surface area (Å²) in [5.41, 5.74) is 3.40. The number of rotatable bonds is 4. The Morgan fingerprint density at radius 3 is 2.53 bits per heavy atom. The van der Waals surface area contributed by atoms with Crippen LogP contribution in [0.25, 0.3) is 0 Å². The van der Waals surface area contributed by atoms with Gasteiger partial charge in [0.2, 0.25) is 0 Å². The standard InChI is InChI=1S/C17H18N4.C6H7N.C4H10/c18-13-14-6-2-3-7-16(14)20-15-8-9-19-17(12-15)21-10-4-1-5-11-21;7-4-5-3-6(5)1-2-6;1-4(2)3/h1-4,6-9,12-13,18H,5,10-11H2,(H,19,20);5H,1-3H2;4H,1-3H3. The third-order valence-electron chi connectivity index (χ3n) is 5.76. The first-order valence-corrected chi connectivity index (χ1v) is 11.6. The van der Waals surface area contributed by atoms with Crippen molar-refractivity contribution in [3.63, 3.8) is 0 Å². The summed E-state index contributed by atoms with van der Waals surface area (Å²) in [5.74, 6) is 2.28. The number of anilines is 3. The molecular formula is C27H35N5. The molecule has 2 N–H and O–H groups in total. The Balaban J connectivity index is 0.000000214. The van der Waals surface area contributed by atoms with Crippen LogP contribution in [0.3, 0.4) is 0 Å². The number of para-hydroxylation sites is 1. The Bertz CT molecular complexity index is 965. The van der Waals surface area contributed by atoms with Crippen molar-refractivity contribution in [2.24, 2.45) is 17.3 Å². The van der Waals surface area contributed by atoms with Gasteiger partial charge in [0.1, 0.15) is 5.82 Å². The summed E-state index contributed by atoms with van der Waals surface area (Å²) in [6.45, 7) is 8.41. The molecule has 1 aromatic heterocycles. The molecule has 0 radical (unpaired) electrons. The molecule has 0 amide bonds. The van der Waals surface area contributed by atoms with Crippen molar-refractivity contribution >= 4 is 23.4 Å². The lowest BCUT2D eigenvalue weighted by Crippen LogP contribution is -2.27. The molecule has 1 aromatic carbocycles. The van der Waals surface area contributed by atoms with E-state index in [0.717, 1.165) is 48.2 Å². The molecule has 2 aromatic rings. The number of benzene rings is 1. The number of nitriles is 1. The lowest BCUT2D eigenvalue weighted by atomic mass is 10.2. The number of hydrogen-bond donors (Lipinski definition) is 2. The summed E-state index contributed by atoms with van der Waals surface area (Å²) < 4.78 is 0. The maximum absolute atomic E-state index is 8.33. The molecule has 32 heavy (non-hydrogen) atoms. The van der Waals surface area contributed by atoms with Crippen LogP contribution in [-0.4, -0.2) is 24.3 Å². The molecule has 5 rings (SSSR count). The van der Waals surface area contributed by atoms with Crippen LogP contribution in [0, 0.1) is 34.0 Å². The van der Waals surface area contributed by atoms with E-state index in [0.29, 0.717) is 11.3 Å². The van der Waals surface area contributed by atoms with Crippen LogP contribution in [0.15, 0.2) is 54.7 Å². The normalized spacial score (nSPS) is 19.1. The topological polar surface area (TPSA) is 75.8 Å². The first kappa shape index (κ1) is 23.5. The molecule has 1 spiro atoms. The van der Waals surface area contributed by atoms with Crippen molar-refractivity contribution < 1.29 is 0 Å². The summed E-state index contributed by atoms with van der Waals surface area (Å²) in [6, 6.07) is 14.1. The average molecular weight is 430 g/mol. The van der Waals surface area contributed by atoms with Gasteiger partial charge in [0, 0.05) is 48.5 Å². The molecule has 168 valence electrons. The van der Waals surface area contributed by atoms with E-state index in [9.17, 15) is 0 Å². The Kier molecular flexibility index (Phi) is 8.05. The molecule has 1 aliphatic heterocycles. The monoisotopic (exact) mass is 429 g/mol. The average Bonchev–Trinajstić information content (AvgIpc) is 3.74. The van der Waals surface area contributed by atoms with Crippen LogP contribution in [0.5, 0.6) is 0 Å². The highest BCUT2D eigenvalue weighted by molar-refractivity contribution is 5.87. The Labute approximate surface area is 192 Å². The van der Waals surface area contributed by atoms with Gasteiger partial charge >= 0.3 is 0 Å². The number of nitrogens with zero attached hydrogens (tertiary/aromatic N) is 3. The molecule has 1 unspecified atom stereocenters. The van der Waals surface area contributed by atoms with Crippen LogP contribution in [-0.2, 0) is 0 Å². The molecule has 2 aliphatic carbocycles. The van der Waals surface area contributed by atoms with E-state index in [1.165, 1.54) is 25.5 Å². The fourth-order valence-electron chi connectivity index (χ4n) is 3.65. The predicted molar refractivity (Wildman–Crippen MR) is 134 cm³/mol. The van der Waals surface area contributed by atoms with Crippen LogP contribution >= 0.6 is 0 Å². The lowest BCUT2D eigenvalue weighted by molar-refractivity contribution is 0.737. The van der Waals surface area contributed by atoms with Crippen LogP contribution < -0.4 is 10.2 Å². The Morgan fingerprint density at radius 2 is 1.97 bits per heavy atom. The SMILES string of the molecule is CC(C)C.N#CC1CC12CC2.N=Cc1ccccc1Nc1ccnc(N2CC=CCC2)c1. The number of hydrogen-bond acceptors (Lipinski definition) is 5. The van der Waals surface area contributed by atoms with E-state index in [1.54, 1.807) is 0 Å². The second kappa shape index (κ2) is 10.9. The maximum Gasteiger partial charge on any atom is 0.130 e. The summed E-state index contributed by atoms with van der Waals surface area (Å²) in [5, 5.41) is 19.2. The zero-order valence-electron chi connectivity index (χ0n) is 19.5. The van der Waals surface area contributed by atoms with Gasteiger partial charge in [-0.2, -0.15) is 5.26 Å². The van der Waals surface area contributed by atoms with Crippen LogP contribution in [0.4, 0.5) is 17.2 Å². The second-order valence-corrected chi connectivity index (χ2v) is 9.45. The van der Waals surface area contributed by atoms with Crippen molar-refractivity contribution in [3.05, 3.63) is 60.3 Å². The first-order chi connectivity index (χ1) is 15.5. The highest BCUT2D eigenvalue weighted by atomic mass is 15.2. The van der Waals surface area contributed by atoms with Gasteiger partial charge in [0.15, 0.2) is 0 Å². The fraction of sp³-hybridized carbons (Fsp3) is 0.444. The van der Waals surface area contributed by atoms with Crippen molar-refractivity contribution in [2.75, 3.05) is 23.3 Å². The first-order valence-electron chi connectivity index (χ1n) is 11.6. The van der Waals surface area contributed by atoms with E-state index in [-0.39, 0.29) is 0 Å². The van der Waals surface area contributed by atoms with Gasteiger partial charge in [0.05, 0.1) is 12.0 Å². The number of nitrogens with one attached hydrogen (secondary N) is 2. The molecule has 0 bridgehead atoms. The molecule has 5 heteroatoms. The maximum atomic E-state index is 8.33. The summed E-state index contributed by atoms with van der Waals surface area (Å²) in [6.07, 6.45) is 12.5. The minimum Gasteiger partial charge on any atom is -0.355 e. The highest BCUT2D eigenvalue weighted by Crippen LogP contribution is 2.70. The molecule has 3 aliphatic rings. The quantitative estimate of drug-likeness (QED) is 0.426. The third-order valence-corrected chi connectivity index (χ3v) is 5.76.